The van der Waals surface area contributed by atoms with Gasteiger partial charge >= 0.3 is 6.18 Å². The van der Waals surface area contributed by atoms with Crippen molar-refractivity contribution < 1.29 is 22.7 Å². The minimum atomic E-state index is -4.52. The highest BCUT2D eigenvalue weighted by molar-refractivity contribution is 5.92. The number of hydrogen-bond acceptors (Lipinski definition) is 2. The number of alkyl halides is 3. The molecule has 134 valence electrons. The zero-order chi connectivity index (χ0) is 18.0. The average molecular weight is 350 g/mol. The van der Waals surface area contributed by atoms with E-state index in [1.54, 1.807) is 6.07 Å². The van der Waals surface area contributed by atoms with Crippen LogP contribution in [0, 0.1) is 5.92 Å². The fourth-order valence-electron chi connectivity index (χ4n) is 3.63. The summed E-state index contributed by atoms with van der Waals surface area (Å²) in [6, 6.07) is 7.19. The average Bonchev–Trinajstić information content (AvgIpc) is 2.60. The van der Waals surface area contributed by atoms with Crippen molar-refractivity contribution in [1.82, 2.24) is 0 Å². The van der Waals surface area contributed by atoms with Crippen LogP contribution in [0.1, 0.15) is 54.9 Å². The fourth-order valence-corrected chi connectivity index (χ4v) is 3.63. The topological polar surface area (TPSA) is 26.3 Å². The number of halogens is 3. The molecule has 1 saturated carbocycles. The van der Waals surface area contributed by atoms with Crippen molar-refractivity contribution in [2.45, 2.75) is 51.3 Å². The summed E-state index contributed by atoms with van der Waals surface area (Å²) in [5, 5.41) is 0.455. The molecule has 0 saturated heterocycles. The van der Waals surface area contributed by atoms with Gasteiger partial charge in [0.05, 0.1) is 6.10 Å². The Morgan fingerprint density at radius 2 is 1.84 bits per heavy atom. The number of ether oxygens (including phenoxy) is 1. The molecule has 0 radical (unpaired) electrons. The number of rotatable bonds is 4. The van der Waals surface area contributed by atoms with Gasteiger partial charge in [-0.2, -0.15) is 13.2 Å². The third kappa shape index (κ3) is 3.80. The van der Waals surface area contributed by atoms with Crippen molar-refractivity contribution in [2.75, 3.05) is 0 Å². The molecule has 0 atom stereocenters. The van der Waals surface area contributed by atoms with Gasteiger partial charge in [0.15, 0.2) is 0 Å². The van der Waals surface area contributed by atoms with E-state index < -0.39 is 11.7 Å². The van der Waals surface area contributed by atoms with Crippen LogP contribution in [0.15, 0.2) is 30.3 Å². The first-order valence-corrected chi connectivity index (χ1v) is 8.68. The minimum Gasteiger partial charge on any atom is -0.490 e. The Kier molecular flexibility index (Phi) is 5.02. The molecule has 2 nitrogen and oxygen atoms in total. The molecule has 25 heavy (non-hydrogen) atoms. The Balaban J connectivity index is 1.96. The molecule has 0 aliphatic heterocycles. The van der Waals surface area contributed by atoms with Gasteiger partial charge in [-0.1, -0.05) is 31.5 Å². The second-order valence-electron chi connectivity index (χ2n) is 6.70. The van der Waals surface area contributed by atoms with E-state index in [0.717, 1.165) is 32.1 Å². The molecule has 2 aromatic carbocycles. The Morgan fingerprint density at radius 1 is 1.12 bits per heavy atom. The summed E-state index contributed by atoms with van der Waals surface area (Å²) in [6.07, 6.45) is 0.625. The van der Waals surface area contributed by atoms with Crippen molar-refractivity contribution >= 4 is 17.1 Å². The van der Waals surface area contributed by atoms with Crippen LogP contribution < -0.4 is 4.74 Å². The summed E-state index contributed by atoms with van der Waals surface area (Å²) < 4.78 is 46.8. The Morgan fingerprint density at radius 3 is 2.44 bits per heavy atom. The number of hydrogen-bond donors (Lipinski definition) is 0. The highest BCUT2D eigenvalue weighted by Crippen LogP contribution is 2.42. The Hall–Kier alpha value is -2.04. The standard InChI is InChI=1S/C20H21F3O2/c1-2-13-3-7-16(8-4-13)25-18-10-6-15-11-14(12-24)5-9-17(15)19(18)20(21,22)23/h5-6,9-13,16H,2-4,7-8H2,1H3. The van der Waals surface area contributed by atoms with Gasteiger partial charge in [-0.05, 0) is 54.5 Å². The van der Waals surface area contributed by atoms with E-state index in [-0.39, 0.29) is 17.2 Å². The van der Waals surface area contributed by atoms with E-state index in [1.807, 2.05) is 0 Å². The second kappa shape index (κ2) is 7.06. The van der Waals surface area contributed by atoms with Crippen LogP contribution in [0.25, 0.3) is 10.8 Å². The van der Waals surface area contributed by atoms with Gasteiger partial charge in [-0.15, -0.1) is 0 Å². The zero-order valence-corrected chi connectivity index (χ0v) is 14.1. The summed E-state index contributed by atoms with van der Waals surface area (Å²) in [5.74, 6) is 0.541. The van der Waals surface area contributed by atoms with E-state index in [1.165, 1.54) is 24.3 Å². The van der Waals surface area contributed by atoms with Gasteiger partial charge in [0, 0.05) is 5.56 Å². The largest absolute Gasteiger partial charge is 0.490 e. The highest BCUT2D eigenvalue weighted by Gasteiger charge is 2.37. The number of carbonyl (C=O) groups is 1. The van der Waals surface area contributed by atoms with Crippen LogP contribution >= 0.6 is 0 Å². The monoisotopic (exact) mass is 350 g/mol. The van der Waals surface area contributed by atoms with Crippen molar-refractivity contribution in [3.63, 3.8) is 0 Å². The Labute approximate surface area is 145 Å². The predicted octanol–water partition coefficient (Wildman–Crippen LogP) is 6.02. The third-order valence-corrected chi connectivity index (χ3v) is 5.09. The SMILES string of the molecule is CCC1CCC(Oc2ccc3cc(C=O)ccc3c2C(F)(F)F)CC1. The van der Waals surface area contributed by atoms with Crippen molar-refractivity contribution in [1.29, 1.82) is 0 Å². The van der Waals surface area contributed by atoms with Crippen molar-refractivity contribution in [3.8, 4) is 5.75 Å². The smallest absolute Gasteiger partial charge is 0.420 e. The molecule has 0 spiro atoms. The number of carbonyl (C=O) groups excluding carboxylic acids is 1. The number of benzene rings is 2. The third-order valence-electron chi connectivity index (χ3n) is 5.09. The van der Waals surface area contributed by atoms with E-state index >= 15 is 0 Å². The van der Waals surface area contributed by atoms with E-state index in [4.69, 9.17) is 4.74 Å². The first-order valence-electron chi connectivity index (χ1n) is 8.68. The molecular formula is C20H21F3O2. The van der Waals surface area contributed by atoms with E-state index in [0.29, 0.717) is 23.2 Å². The quantitative estimate of drug-likeness (QED) is 0.630. The molecule has 1 fully saturated rings. The molecule has 0 N–H and O–H groups in total. The van der Waals surface area contributed by atoms with E-state index in [2.05, 4.69) is 6.92 Å². The number of fused-ring (bicyclic) bond motifs is 1. The fraction of sp³-hybridized carbons (Fsp3) is 0.450. The maximum Gasteiger partial charge on any atom is 0.420 e. The van der Waals surface area contributed by atoms with Gasteiger partial charge in [-0.3, -0.25) is 4.79 Å². The summed E-state index contributed by atoms with van der Waals surface area (Å²) in [6.45, 7) is 2.14. The molecule has 0 heterocycles. The first kappa shape index (κ1) is 17.8. The molecule has 3 rings (SSSR count). The summed E-state index contributed by atoms with van der Waals surface area (Å²) in [4.78, 5) is 10.9. The lowest BCUT2D eigenvalue weighted by Crippen LogP contribution is -2.25. The van der Waals surface area contributed by atoms with E-state index in [9.17, 15) is 18.0 Å². The van der Waals surface area contributed by atoms with Crippen molar-refractivity contribution in [2.24, 2.45) is 5.92 Å². The molecule has 0 aromatic heterocycles. The van der Waals surface area contributed by atoms with Gasteiger partial charge in [-0.25, -0.2) is 0 Å². The lowest BCUT2D eigenvalue weighted by molar-refractivity contribution is -0.138. The lowest BCUT2D eigenvalue weighted by Gasteiger charge is -2.29. The van der Waals surface area contributed by atoms with Crippen molar-refractivity contribution in [3.05, 3.63) is 41.5 Å². The van der Waals surface area contributed by atoms with Crippen LogP contribution in [0.4, 0.5) is 13.2 Å². The maximum atomic E-state index is 13.7. The lowest BCUT2D eigenvalue weighted by atomic mass is 9.86. The van der Waals surface area contributed by atoms with Gasteiger partial charge < -0.3 is 4.74 Å². The van der Waals surface area contributed by atoms with Gasteiger partial charge in [0.25, 0.3) is 0 Å². The summed E-state index contributed by atoms with van der Waals surface area (Å²) >= 11 is 0. The van der Waals surface area contributed by atoms with Crippen LogP contribution in [0.2, 0.25) is 0 Å². The molecule has 2 aromatic rings. The molecular weight excluding hydrogens is 329 g/mol. The maximum absolute atomic E-state index is 13.7. The number of aldehydes is 1. The van der Waals surface area contributed by atoms with Crippen LogP contribution in [0.3, 0.4) is 0 Å². The first-order chi connectivity index (χ1) is 11.9. The molecule has 5 heteroatoms. The Bertz CT molecular complexity index is 759. The molecule has 0 bridgehead atoms. The minimum absolute atomic E-state index is 0.0674. The van der Waals surface area contributed by atoms with Crippen LogP contribution in [-0.2, 0) is 6.18 Å². The van der Waals surface area contributed by atoms with Gasteiger partial charge in [0.1, 0.15) is 17.6 Å². The highest BCUT2D eigenvalue weighted by atomic mass is 19.4. The molecule has 1 aliphatic carbocycles. The molecule has 1 aliphatic rings. The van der Waals surface area contributed by atoms with Crippen LogP contribution in [-0.4, -0.2) is 12.4 Å². The summed E-state index contributed by atoms with van der Waals surface area (Å²) in [5.41, 5.74) is -0.396. The molecule has 0 unspecified atom stereocenters. The normalized spacial score (nSPS) is 21.3. The predicted molar refractivity (Wildman–Crippen MR) is 91.0 cm³/mol. The second-order valence-corrected chi connectivity index (χ2v) is 6.70. The zero-order valence-electron chi connectivity index (χ0n) is 14.1. The molecule has 0 amide bonds. The van der Waals surface area contributed by atoms with Crippen LogP contribution in [0.5, 0.6) is 5.75 Å². The van der Waals surface area contributed by atoms with Gasteiger partial charge in [0.2, 0.25) is 0 Å². The summed E-state index contributed by atoms with van der Waals surface area (Å²) in [7, 11) is 0.